The van der Waals surface area contributed by atoms with Crippen molar-refractivity contribution in [3.63, 3.8) is 0 Å². The summed E-state index contributed by atoms with van der Waals surface area (Å²) in [6.45, 7) is 10.1. The van der Waals surface area contributed by atoms with Crippen molar-refractivity contribution >= 4 is 8.07 Å². The summed E-state index contributed by atoms with van der Waals surface area (Å²) in [5, 5.41) is 0. The molecule has 0 aliphatic carbocycles. The molecule has 1 saturated heterocycles. The summed E-state index contributed by atoms with van der Waals surface area (Å²) < 4.78 is 26.2. The largest absolute Gasteiger partial charge is 0.368 e. The average Bonchev–Trinajstić information content (AvgIpc) is 2.90. The third kappa shape index (κ3) is 8.39. The molecule has 0 saturated carbocycles. The van der Waals surface area contributed by atoms with Crippen molar-refractivity contribution in [2.45, 2.75) is 76.9 Å². The van der Waals surface area contributed by atoms with Crippen LogP contribution in [0.2, 0.25) is 19.6 Å². The summed E-state index contributed by atoms with van der Waals surface area (Å²) >= 11 is 0. The maximum Gasteiger partial charge on any atom is 0.146 e. The number of ether oxygens (including phenoxy) is 4. The van der Waals surface area contributed by atoms with E-state index in [1.54, 1.807) is 0 Å². The van der Waals surface area contributed by atoms with Gasteiger partial charge in [0.15, 0.2) is 0 Å². The van der Waals surface area contributed by atoms with E-state index >= 15 is 0 Å². The molecule has 5 heteroatoms. The van der Waals surface area contributed by atoms with Crippen molar-refractivity contribution < 1.29 is 18.9 Å². The molecule has 0 unspecified atom stereocenters. The van der Waals surface area contributed by atoms with Gasteiger partial charge in [-0.25, -0.2) is 0 Å². The molecular formula is C32H38O4Si. The predicted molar refractivity (Wildman–Crippen MR) is 151 cm³/mol. The van der Waals surface area contributed by atoms with E-state index in [0.717, 1.165) is 16.7 Å². The molecule has 37 heavy (non-hydrogen) atoms. The van der Waals surface area contributed by atoms with Gasteiger partial charge in [-0.3, -0.25) is 0 Å². The van der Waals surface area contributed by atoms with E-state index in [2.05, 4.69) is 67.5 Å². The van der Waals surface area contributed by atoms with Crippen LogP contribution in [0.3, 0.4) is 0 Å². The lowest BCUT2D eigenvalue weighted by Crippen LogP contribution is -2.59. The molecule has 4 rings (SSSR count). The molecule has 1 heterocycles. The fraction of sp³-hybridized carbons (Fsp3) is 0.375. The summed E-state index contributed by atoms with van der Waals surface area (Å²) in [5.74, 6) is 3.43. The zero-order chi connectivity index (χ0) is 26.1. The lowest BCUT2D eigenvalue weighted by molar-refractivity contribution is -0.249. The summed E-state index contributed by atoms with van der Waals surface area (Å²) in [5.41, 5.74) is 6.81. The van der Waals surface area contributed by atoms with Gasteiger partial charge in [-0.2, -0.15) is 0 Å². The van der Waals surface area contributed by atoms with E-state index in [-0.39, 0.29) is 18.3 Å². The Morgan fingerprint density at radius 1 is 0.622 bits per heavy atom. The van der Waals surface area contributed by atoms with Gasteiger partial charge in [-0.15, -0.1) is 5.54 Å². The van der Waals surface area contributed by atoms with Crippen LogP contribution in [0.1, 0.15) is 23.6 Å². The minimum absolute atomic E-state index is 0.206. The lowest BCUT2D eigenvalue weighted by atomic mass is 9.94. The predicted octanol–water partition coefficient (Wildman–Crippen LogP) is 6.41. The second-order valence-corrected chi connectivity index (χ2v) is 15.3. The van der Waals surface area contributed by atoms with Crippen molar-refractivity contribution in [3.05, 3.63) is 108 Å². The molecule has 1 fully saturated rings. The maximum absolute atomic E-state index is 6.62. The van der Waals surface area contributed by atoms with Crippen molar-refractivity contribution in [3.8, 4) is 11.5 Å². The quantitative estimate of drug-likeness (QED) is 0.244. The highest BCUT2D eigenvalue weighted by molar-refractivity contribution is 6.83. The van der Waals surface area contributed by atoms with Gasteiger partial charge in [0.05, 0.1) is 25.9 Å². The van der Waals surface area contributed by atoms with Gasteiger partial charge in [-0.1, -0.05) is 117 Å². The fourth-order valence-electron chi connectivity index (χ4n) is 4.32. The normalized spacial score (nSPS) is 23.7. The Hall–Kier alpha value is -2.72. The number of hydrogen-bond donors (Lipinski definition) is 0. The number of rotatable bonds is 9. The highest BCUT2D eigenvalue weighted by atomic mass is 28.3. The van der Waals surface area contributed by atoms with E-state index in [4.69, 9.17) is 18.9 Å². The van der Waals surface area contributed by atoms with Gasteiger partial charge in [0, 0.05) is 0 Å². The number of benzene rings is 3. The third-order valence-corrected chi connectivity index (χ3v) is 7.11. The van der Waals surface area contributed by atoms with Gasteiger partial charge < -0.3 is 18.9 Å². The molecule has 3 aromatic rings. The highest BCUT2D eigenvalue weighted by Gasteiger charge is 2.46. The molecule has 3 aromatic carbocycles. The van der Waals surface area contributed by atoms with E-state index in [1.807, 2.05) is 61.5 Å². The Balaban J connectivity index is 1.61. The Morgan fingerprint density at radius 3 is 1.46 bits per heavy atom. The molecule has 5 atom stereocenters. The Morgan fingerprint density at radius 2 is 1.03 bits per heavy atom. The molecule has 0 radical (unpaired) electrons. The zero-order valence-electron chi connectivity index (χ0n) is 22.3. The topological polar surface area (TPSA) is 36.9 Å². The fourth-order valence-corrected chi connectivity index (χ4v) is 4.89. The summed E-state index contributed by atoms with van der Waals surface area (Å²) in [7, 11) is -1.62. The van der Waals surface area contributed by atoms with Gasteiger partial charge in [0.1, 0.15) is 32.5 Å². The van der Waals surface area contributed by atoms with Crippen LogP contribution >= 0.6 is 0 Å². The van der Waals surface area contributed by atoms with Crippen molar-refractivity contribution in [1.29, 1.82) is 0 Å². The highest BCUT2D eigenvalue weighted by Crippen LogP contribution is 2.30. The van der Waals surface area contributed by atoms with Gasteiger partial charge in [0.25, 0.3) is 0 Å². The monoisotopic (exact) mass is 514 g/mol. The SMILES string of the molecule is C[C@@H]1O[C@@H](C#C[Si](C)(C)C)[C@@H](OCc2ccccc2)[C@H](OCc2ccccc2)[C@@H]1OCc1ccccc1. The first-order valence-electron chi connectivity index (χ1n) is 13.0. The Bertz CT molecular complexity index is 1140. The second kappa shape index (κ2) is 13.2. The molecule has 1 aliphatic heterocycles. The number of hydrogen-bond acceptors (Lipinski definition) is 4. The molecule has 0 bridgehead atoms. The van der Waals surface area contributed by atoms with Crippen LogP contribution in [-0.2, 0) is 38.8 Å². The van der Waals surface area contributed by atoms with Crippen LogP contribution in [0, 0.1) is 11.5 Å². The molecule has 0 spiro atoms. The van der Waals surface area contributed by atoms with Crippen LogP contribution in [0.15, 0.2) is 91.0 Å². The Kier molecular flexibility index (Phi) is 9.73. The van der Waals surface area contributed by atoms with Crippen molar-refractivity contribution in [1.82, 2.24) is 0 Å². The van der Waals surface area contributed by atoms with E-state index in [9.17, 15) is 0 Å². The molecule has 1 aliphatic rings. The first-order chi connectivity index (χ1) is 17.9. The standard InChI is InChI=1S/C32H38O4Si/c1-25-30(33-22-26-14-8-5-9-15-26)32(35-24-28-18-12-7-13-19-28)31(29(36-25)20-21-37(2,3)4)34-23-27-16-10-6-11-17-27/h5-19,25,29-32H,22-24H2,1-4H3/t25-,29-,30+,31+,32+/m0/s1. The second-order valence-electron chi connectivity index (χ2n) is 10.6. The lowest BCUT2D eigenvalue weighted by Gasteiger charge is -2.44. The van der Waals surface area contributed by atoms with Crippen molar-refractivity contribution in [2.24, 2.45) is 0 Å². The van der Waals surface area contributed by atoms with Crippen LogP contribution in [-0.4, -0.2) is 38.6 Å². The first-order valence-corrected chi connectivity index (χ1v) is 16.5. The van der Waals surface area contributed by atoms with Crippen LogP contribution in [0.4, 0.5) is 0 Å². The van der Waals surface area contributed by atoms with E-state index in [1.165, 1.54) is 0 Å². The Labute approximate surface area is 222 Å². The summed E-state index contributed by atoms with van der Waals surface area (Å²) in [6.07, 6.45) is -1.67. The molecule has 0 aromatic heterocycles. The smallest absolute Gasteiger partial charge is 0.146 e. The molecule has 4 nitrogen and oxygen atoms in total. The van der Waals surface area contributed by atoms with Gasteiger partial charge >= 0.3 is 0 Å². The molecule has 0 N–H and O–H groups in total. The molecule has 0 amide bonds. The molecular weight excluding hydrogens is 476 g/mol. The summed E-state index contributed by atoms with van der Waals surface area (Å²) in [6, 6.07) is 30.6. The minimum Gasteiger partial charge on any atom is -0.368 e. The molecule has 194 valence electrons. The third-order valence-electron chi connectivity index (χ3n) is 6.22. The van der Waals surface area contributed by atoms with Gasteiger partial charge in [0.2, 0.25) is 0 Å². The van der Waals surface area contributed by atoms with Crippen LogP contribution in [0.25, 0.3) is 0 Å². The maximum atomic E-state index is 6.62. The van der Waals surface area contributed by atoms with Gasteiger partial charge in [-0.05, 0) is 23.6 Å². The zero-order valence-corrected chi connectivity index (χ0v) is 23.3. The minimum atomic E-state index is -1.62. The summed E-state index contributed by atoms with van der Waals surface area (Å²) in [4.78, 5) is 0. The average molecular weight is 515 g/mol. The van der Waals surface area contributed by atoms with Crippen LogP contribution < -0.4 is 0 Å². The van der Waals surface area contributed by atoms with Crippen LogP contribution in [0.5, 0.6) is 0 Å². The van der Waals surface area contributed by atoms with Crippen molar-refractivity contribution in [2.75, 3.05) is 0 Å². The van der Waals surface area contributed by atoms with E-state index in [0.29, 0.717) is 19.8 Å². The van der Waals surface area contributed by atoms with E-state index < -0.39 is 20.3 Å². The first kappa shape index (κ1) is 27.3.